The zero-order valence-corrected chi connectivity index (χ0v) is 19.0. The van der Waals surface area contributed by atoms with Crippen molar-refractivity contribution < 1.29 is 23.8 Å². The van der Waals surface area contributed by atoms with Gasteiger partial charge in [0.1, 0.15) is 11.3 Å². The minimum absolute atomic E-state index is 0.195. The first-order chi connectivity index (χ1) is 15.7. The number of hydrogen-bond acceptors (Lipinski definition) is 6. The number of carboxylic acid groups (broad SMARTS) is 1. The average molecular weight is 448 g/mol. The molecule has 33 heavy (non-hydrogen) atoms. The number of carbonyl (C=O) groups excluding carboxylic acids is 2. The second-order valence-corrected chi connectivity index (χ2v) is 8.68. The molecule has 1 aliphatic rings. The monoisotopic (exact) mass is 448 g/mol. The number of hydrogen-bond donors (Lipinski definition) is 0. The van der Waals surface area contributed by atoms with E-state index in [0.717, 1.165) is 11.1 Å². The number of fused-ring (bicyclic) bond motifs is 1. The number of piperidine rings is 1. The highest BCUT2D eigenvalue weighted by Gasteiger charge is 2.38. The van der Waals surface area contributed by atoms with Crippen LogP contribution in [0.1, 0.15) is 35.1 Å². The van der Waals surface area contributed by atoms with Crippen molar-refractivity contribution in [1.82, 2.24) is 4.90 Å². The Hall–Kier alpha value is -3.61. The second kappa shape index (κ2) is 8.73. The van der Waals surface area contributed by atoms with E-state index in [0.29, 0.717) is 40.9 Å². The van der Waals surface area contributed by atoms with Crippen molar-refractivity contribution in [3.05, 3.63) is 75.1 Å². The lowest BCUT2D eigenvalue weighted by Crippen LogP contribution is -2.54. The maximum Gasteiger partial charge on any atom is 0.339 e. The van der Waals surface area contributed by atoms with Crippen molar-refractivity contribution in [1.29, 1.82) is 0 Å². The molecule has 0 radical (unpaired) electrons. The number of nitrogens with zero attached hydrogens (tertiary/aromatic N) is 1. The number of carbonyl (C=O) groups is 2. The molecule has 1 aromatic heterocycles. The van der Waals surface area contributed by atoms with E-state index in [4.69, 9.17) is 9.15 Å². The van der Waals surface area contributed by atoms with Crippen LogP contribution in [0.15, 0.2) is 51.7 Å². The molecule has 3 aromatic rings. The lowest BCUT2D eigenvalue weighted by atomic mass is 9.73. The number of amides is 1. The van der Waals surface area contributed by atoms with Crippen molar-refractivity contribution >= 4 is 22.8 Å². The highest BCUT2D eigenvalue weighted by atomic mass is 16.5. The largest absolute Gasteiger partial charge is 0.549 e. The van der Waals surface area contributed by atoms with E-state index in [9.17, 15) is 19.5 Å². The third-order valence-electron chi connectivity index (χ3n) is 6.69. The molecule has 1 aliphatic heterocycles. The number of benzene rings is 2. The summed E-state index contributed by atoms with van der Waals surface area (Å²) in [7, 11) is 0. The van der Waals surface area contributed by atoms with Crippen LogP contribution in [-0.4, -0.2) is 36.5 Å². The van der Waals surface area contributed by atoms with Crippen LogP contribution in [0.4, 0.5) is 0 Å². The van der Waals surface area contributed by atoms with Crippen LogP contribution in [-0.2, 0) is 15.0 Å². The number of aryl methyl sites for hydroxylation is 2. The van der Waals surface area contributed by atoms with E-state index in [-0.39, 0.29) is 25.4 Å². The highest BCUT2D eigenvalue weighted by molar-refractivity contribution is 5.89. The Bertz CT molecular complexity index is 1270. The van der Waals surface area contributed by atoms with E-state index in [2.05, 4.69) is 0 Å². The van der Waals surface area contributed by atoms with Crippen LogP contribution in [0, 0.1) is 20.8 Å². The van der Waals surface area contributed by atoms with Gasteiger partial charge in [-0.05, 0) is 62.4 Å². The summed E-state index contributed by atoms with van der Waals surface area (Å²) in [5.41, 5.74) is 1.72. The topological polar surface area (TPSA) is 99.9 Å². The quantitative estimate of drug-likeness (QED) is 0.556. The van der Waals surface area contributed by atoms with Gasteiger partial charge in [-0.15, -0.1) is 0 Å². The molecule has 0 unspecified atom stereocenters. The molecule has 0 bridgehead atoms. The molecular weight excluding hydrogens is 422 g/mol. The first kappa shape index (κ1) is 22.6. The van der Waals surface area contributed by atoms with Gasteiger partial charge in [-0.25, -0.2) is 4.79 Å². The van der Waals surface area contributed by atoms with Gasteiger partial charge in [0.25, 0.3) is 5.91 Å². The van der Waals surface area contributed by atoms with Gasteiger partial charge in [0.05, 0.1) is 11.4 Å². The first-order valence-corrected chi connectivity index (χ1v) is 10.9. The maximum atomic E-state index is 12.9. The van der Waals surface area contributed by atoms with E-state index < -0.39 is 17.0 Å². The Morgan fingerprint density at radius 1 is 1.06 bits per heavy atom. The third-order valence-corrected chi connectivity index (χ3v) is 6.69. The van der Waals surface area contributed by atoms with Gasteiger partial charge in [-0.3, -0.25) is 4.79 Å². The predicted octanol–water partition coefficient (Wildman–Crippen LogP) is 2.41. The second-order valence-electron chi connectivity index (χ2n) is 8.68. The Morgan fingerprint density at radius 3 is 2.36 bits per heavy atom. The summed E-state index contributed by atoms with van der Waals surface area (Å²) in [5, 5.41) is 12.7. The molecule has 2 heterocycles. The molecule has 0 saturated carbocycles. The number of likely N-dealkylation sites (tertiary alicyclic amines) is 1. The van der Waals surface area contributed by atoms with Gasteiger partial charge < -0.3 is 24.0 Å². The Balaban J connectivity index is 1.50. The highest BCUT2D eigenvalue weighted by Crippen LogP contribution is 2.35. The van der Waals surface area contributed by atoms with Crippen molar-refractivity contribution in [3.8, 4) is 5.75 Å². The summed E-state index contributed by atoms with van der Waals surface area (Å²) in [6.07, 6.45) is 0.559. The fourth-order valence-corrected chi connectivity index (χ4v) is 4.54. The molecule has 1 fully saturated rings. The van der Waals surface area contributed by atoms with Gasteiger partial charge in [0, 0.05) is 24.1 Å². The number of rotatable bonds is 5. The lowest BCUT2D eigenvalue weighted by molar-refractivity contribution is -0.315. The normalized spacial score (nSPS) is 15.4. The van der Waals surface area contributed by atoms with Crippen LogP contribution in [0.5, 0.6) is 5.75 Å². The summed E-state index contributed by atoms with van der Waals surface area (Å²) in [4.78, 5) is 38.6. The molecule has 7 heteroatoms. The fourth-order valence-electron chi connectivity index (χ4n) is 4.54. The van der Waals surface area contributed by atoms with E-state index >= 15 is 0 Å². The number of ether oxygens (including phenoxy) is 1. The van der Waals surface area contributed by atoms with Crippen molar-refractivity contribution in [2.75, 3.05) is 19.7 Å². The van der Waals surface area contributed by atoms with Gasteiger partial charge in [0.2, 0.25) is 0 Å². The number of aliphatic carboxylic acids is 1. The molecule has 172 valence electrons. The van der Waals surface area contributed by atoms with Crippen LogP contribution < -0.4 is 15.5 Å². The van der Waals surface area contributed by atoms with Crippen molar-refractivity contribution in [2.24, 2.45) is 0 Å². The molecule has 1 amide bonds. The summed E-state index contributed by atoms with van der Waals surface area (Å²) in [6, 6.07) is 12.6. The van der Waals surface area contributed by atoms with Crippen LogP contribution in [0.2, 0.25) is 0 Å². The van der Waals surface area contributed by atoms with Crippen molar-refractivity contribution in [2.45, 2.75) is 39.0 Å². The number of carboxylic acids is 1. The molecule has 0 atom stereocenters. The lowest BCUT2D eigenvalue weighted by Gasteiger charge is -2.42. The molecular formula is C26H26NO6-. The SMILES string of the molecule is Cc1cc(OCC(=O)N2CCC(C(=O)[O-])(c3ccccc3)CC2)c2c(C)c(C)c(=O)oc2c1. The molecule has 7 nitrogen and oxygen atoms in total. The Labute approximate surface area is 191 Å². The Kier molecular flexibility index (Phi) is 5.97. The summed E-state index contributed by atoms with van der Waals surface area (Å²) in [6.45, 7) is 5.78. The summed E-state index contributed by atoms with van der Waals surface area (Å²) in [5.74, 6) is -0.861. The van der Waals surface area contributed by atoms with E-state index in [1.54, 1.807) is 30.0 Å². The molecule has 0 aliphatic carbocycles. The molecule has 2 aromatic carbocycles. The fraction of sp³-hybridized carbons (Fsp3) is 0.346. The van der Waals surface area contributed by atoms with Crippen LogP contribution >= 0.6 is 0 Å². The molecule has 0 spiro atoms. The van der Waals surface area contributed by atoms with Crippen LogP contribution in [0.3, 0.4) is 0 Å². The summed E-state index contributed by atoms with van der Waals surface area (Å²) >= 11 is 0. The van der Waals surface area contributed by atoms with E-state index in [1.165, 1.54) is 0 Å². The zero-order valence-electron chi connectivity index (χ0n) is 19.0. The van der Waals surface area contributed by atoms with Gasteiger partial charge in [-0.1, -0.05) is 30.3 Å². The molecule has 1 saturated heterocycles. The molecule has 0 N–H and O–H groups in total. The molecule has 4 rings (SSSR count). The van der Waals surface area contributed by atoms with Gasteiger partial charge in [0.15, 0.2) is 6.61 Å². The average Bonchev–Trinajstić information content (AvgIpc) is 2.81. The standard InChI is InChI=1S/C26H27NO6/c1-16-13-20(23-17(2)18(3)24(29)33-21(23)14-16)32-15-22(28)27-11-9-26(10-12-27,25(30)31)19-7-5-4-6-8-19/h4-8,13-14H,9-12,15H2,1-3H3,(H,30,31)/p-1. The Morgan fingerprint density at radius 2 is 1.73 bits per heavy atom. The summed E-state index contributed by atoms with van der Waals surface area (Å²) < 4.78 is 11.3. The maximum absolute atomic E-state index is 12.9. The van der Waals surface area contributed by atoms with Gasteiger partial charge in [-0.2, -0.15) is 0 Å². The minimum atomic E-state index is -1.12. The third kappa shape index (κ3) is 4.11. The predicted molar refractivity (Wildman–Crippen MR) is 121 cm³/mol. The minimum Gasteiger partial charge on any atom is -0.549 e. The van der Waals surface area contributed by atoms with Crippen molar-refractivity contribution in [3.63, 3.8) is 0 Å². The van der Waals surface area contributed by atoms with Gasteiger partial charge >= 0.3 is 5.63 Å². The zero-order chi connectivity index (χ0) is 23.8. The first-order valence-electron chi connectivity index (χ1n) is 10.9. The van der Waals surface area contributed by atoms with E-state index in [1.807, 2.05) is 38.1 Å². The van der Waals surface area contributed by atoms with Crippen LogP contribution in [0.25, 0.3) is 11.0 Å². The smallest absolute Gasteiger partial charge is 0.339 e.